The summed E-state index contributed by atoms with van der Waals surface area (Å²) in [7, 11) is 1.24. The number of aliphatic hydroxyl groups excluding tert-OH is 1. The van der Waals surface area contributed by atoms with Crippen molar-refractivity contribution in [3.63, 3.8) is 0 Å². The summed E-state index contributed by atoms with van der Waals surface area (Å²) in [6.07, 6.45) is 1.44. The molecule has 0 radical (unpaired) electrons. The Kier molecular flexibility index (Phi) is 3.02. The van der Waals surface area contributed by atoms with Crippen LogP contribution in [0.15, 0.2) is 30.0 Å². The molecule has 1 heterocycles. The lowest BCUT2D eigenvalue weighted by atomic mass is 9.92. The molecular formula is C17H16O5. The molecule has 0 bridgehead atoms. The third kappa shape index (κ3) is 1.89. The first-order valence-corrected chi connectivity index (χ1v) is 6.83. The van der Waals surface area contributed by atoms with Gasteiger partial charge in [-0.1, -0.05) is 24.3 Å². The average Bonchev–Trinajstić information content (AvgIpc) is 2.49. The van der Waals surface area contributed by atoms with Crippen LogP contribution in [0.25, 0.3) is 16.8 Å². The van der Waals surface area contributed by atoms with Crippen LogP contribution in [0.2, 0.25) is 0 Å². The zero-order valence-corrected chi connectivity index (χ0v) is 12.5. The quantitative estimate of drug-likeness (QED) is 0.789. The first-order chi connectivity index (χ1) is 10.4. The van der Waals surface area contributed by atoms with Crippen molar-refractivity contribution in [2.24, 2.45) is 0 Å². The standard InChI is InChI=1S/C17H16O5/c1-17(2)12(18)8-11-13(16(20)21-3)14(19)9-6-4-5-7-10(9)15(11)22-17/h4-8,18-19H,1-3H3. The molecule has 1 aliphatic rings. The lowest BCUT2D eigenvalue weighted by molar-refractivity contribution is 0.0593. The highest BCUT2D eigenvalue weighted by molar-refractivity contribution is 6.08. The Morgan fingerprint density at radius 2 is 1.82 bits per heavy atom. The second-order valence-corrected chi connectivity index (χ2v) is 5.65. The third-order valence-corrected chi connectivity index (χ3v) is 3.82. The van der Waals surface area contributed by atoms with E-state index in [2.05, 4.69) is 0 Å². The molecule has 0 spiro atoms. The van der Waals surface area contributed by atoms with Crippen molar-refractivity contribution < 1.29 is 24.5 Å². The van der Waals surface area contributed by atoms with Gasteiger partial charge < -0.3 is 19.7 Å². The van der Waals surface area contributed by atoms with E-state index in [1.165, 1.54) is 13.2 Å². The van der Waals surface area contributed by atoms with E-state index in [-0.39, 0.29) is 17.1 Å². The summed E-state index contributed by atoms with van der Waals surface area (Å²) >= 11 is 0. The molecular weight excluding hydrogens is 284 g/mol. The molecule has 2 N–H and O–H groups in total. The van der Waals surface area contributed by atoms with Gasteiger partial charge in [-0.2, -0.15) is 0 Å². The number of phenols is 1. The lowest BCUT2D eigenvalue weighted by Crippen LogP contribution is -2.33. The zero-order chi connectivity index (χ0) is 16.1. The van der Waals surface area contributed by atoms with Gasteiger partial charge in [0.15, 0.2) is 5.60 Å². The predicted molar refractivity (Wildman–Crippen MR) is 82.3 cm³/mol. The predicted octanol–water partition coefficient (Wildman–Crippen LogP) is 3.40. The summed E-state index contributed by atoms with van der Waals surface area (Å²) in [6, 6.07) is 7.07. The molecule has 5 nitrogen and oxygen atoms in total. The fraction of sp³-hybridized carbons (Fsp3) is 0.235. The normalized spacial score (nSPS) is 15.7. The Labute approximate surface area is 127 Å². The van der Waals surface area contributed by atoms with Crippen molar-refractivity contribution in [1.29, 1.82) is 0 Å². The summed E-state index contributed by atoms with van der Waals surface area (Å²) in [5.41, 5.74) is -0.613. The molecule has 0 amide bonds. The number of esters is 1. The second kappa shape index (κ2) is 4.66. The van der Waals surface area contributed by atoms with E-state index in [0.29, 0.717) is 22.1 Å². The molecule has 0 fully saturated rings. The molecule has 0 saturated heterocycles. The first kappa shape index (κ1) is 14.3. The molecule has 3 rings (SSSR count). The van der Waals surface area contributed by atoms with Crippen LogP contribution in [0.1, 0.15) is 29.8 Å². The number of rotatable bonds is 1. The van der Waals surface area contributed by atoms with Crippen LogP contribution in [-0.2, 0) is 4.74 Å². The van der Waals surface area contributed by atoms with Gasteiger partial charge in [-0.15, -0.1) is 0 Å². The Hall–Kier alpha value is -2.69. The lowest BCUT2D eigenvalue weighted by Gasteiger charge is -2.32. The van der Waals surface area contributed by atoms with Gasteiger partial charge in [0.1, 0.15) is 22.8 Å². The largest absolute Gasteiger partial charge is 0.508 e. The van der Waals surface area contributed by atoms with E-state index in [4.69, 9.17) is 9.47 Å². The van der Waals surface area contributed by atoms with Gasteiger partial charge in [0, 0.05) is 16.3 Å². The number of benzene rings is 2. The summed E-state index contributed by atoms with van der Waals surface area (Å²) in [6.45, 7) is 3.45. The van der Waals surface area contributed by atoms with E-state index in [9.17, 15) is 15.0 Å². The van der Waals surface area contributed by atoms with E-state index in [0.717, 1.165) is 0 Å². The Bertz CT molecular complexity index is 817. The minimum absolute atomic E-state index is 0.0155. The molecule has 0 atom stereocenters. The van der Waals surface area contributed by atoms with Gasteiger partial charge in [-0.25, -0.2) is 4.79 Å². The van der Waals surface area contributed by atoms with Gasteiger partial charge in [0.2, 0.25) is 0 Å². The molecule has 114 valence electrons. The SMILES string of the molecule is COC(=O)c1c2c(c3ccccc3c1O)OC(C)(C)C(O)=C2. The number of fused-ring (bicyclic) bond motifs is 3. The number of aliphatic hydroxyl groups is 1. The molecule has 1 aliphatic heterocycles. The van der Waals surface area contributed by atoms with Crippen LogP contribution < -0.4 is 4.74 Å². The van der Waals surface area contributed by atoms with Gasteiger partial charge in [-0.05, 0) is 19.9 Å². The van der Waals surface area contributed by atoms with Gasteiger partial charge in [-0.3, -0.25) is 0 Å². The monoisotopic (exact) mass is 300 g/mol. The van der Waals surface area contributed by atoms with Gasteiger partial charge >= 0.3 is 5.97 Å². The van der Waals surface area contributed by atoms with Crippen LogP contribution >= 0.6 is 0 Å². The number of carbonyl (C=O) groups is 1. The summed E-state index contributed by atoms with van der Waals surface area (Å²) in [5.74, 6) is -0.461. The minimum Gasteiger partial charge on any atom is -0.508 e. The number of hydrogen-bond acceptors (Lipinski definition) is 5. The minimum atomic E-state index is -0.917. The highest BCUT2D eigenvalue weighted by atomic mass is 16.5. The fourth-order valence-electron chi connectivity index (χ4n) is 2.58. The van der Waals surface area contributed by atoms with Crippen molar-refractivity contribution in [1.82, 2.24) is 0 Å². The number of ether oxygens (including phenoxy) is 2. The summed E-state index contributed by atoms with van der Waals surface area (Å²) < 4.78 is 10.7. The van der Waals surface area contributed by atoms with E-state index < -0.39 is 11.6 Å². The molecule has 5 heteroatoms. The number of phenolic OH excluding ortho intramolecular Hbond substituents is 1. The fourth-order valence-corrected chi connectivity index (χ4v) is 2.58. The van der Waals surface area contributed by atoms with Crippen molar-refractivity contribution in [2.45, 2.75) is 19.4 Å². The number of carbonyl (C=O) groups excluding carboxylic acids is 1. The highest BCUT2D eigenvalue weighted by Gasteiger charge is 2.35. The first-order valence-electron chi connectivity index (χ1n) is 6.83. The second-order valence-electron chi connectivity index (χ2n) is 5.65. The van der Waals surface area contributed by atoms with Crippen LogP contribution in [0.4, 0.5) is 0 Å². The van der Waals surface area contributed by atoms with E-state index in [1.54, 1.807) is 32.0 Å². The maximum atomic E-state index is 12.1. The Morgan fingerprint density at radius 1 is 1.18 bits per heavy atom. The molecule has 0 unspecified atom stereocenters. The number of aromatic hydroxyl groups is 1. The van der Waals surface area contributed by atoms with Crippen molar-refractivity contribution in [3.8, 4) is 11.5 Å². The van der Waals surface area contributed by atoms with Crippen molar-refractivity contribution in [3.05, 3.63) is 41.2 Å². The van der Waals surface area contributed by atoms with Crippen LogP contribution in [0.5, 0.6) is 11.5 Å². The molecule has 22 heavy (non-hydrogen) atoms. The smallest absolute Gasteiger partial charge is 0.342 e. The Balaban J connectivity index is 2.47. The van der Waals surface area contributed by atoms with Crippen LogP contribution in [0, 0.1) is 0 Å². The topological polar surface area (TPSA) is 76.0 Å². The molecule has 0 aromatic heterocycles. The molecule has 0 aliphatic carbocycles. The maximum Gasteiger partial charge on any atom is 0.342 e. The van der Waals surface area contributed by atoms with E-state index in [1.807, 2.05) is 6.07 Å². The third-order valence-electron chi connectivity index (χ3n) is 3.82. The molecule has 0 saturated carbocycles. The highest BCUT2D eigenvalue weighted by Crippen LogP contribution is 2.46. The van der Waals surface area contributed by atoms with Gasteiger partial charge in [0.25, 0.3) is 0 Å². The maximum absolute atomic E-state index is 12.1. The summed E-state index contributed by atoms with van der Waals surface area (Å²) in [5, 5.41) is 21.7. The molecule has 2 aromatic rings. The Morgan fingerprint density at radius 3 is 2.45 bits per heavy atom. The number of methoxy groups -OCH3 is 1. The van der Waals surface area contributed by atoms with Gasteiger partial charge in [0.05, 0.1) is 7.11 Å². The van der Waals surface area contributed by atoms with Crippen molar-refractivity contribution >= 4 is 22.8 Å². The van der Waals surface area contributed by atoms with E-state index >= 15 is 0 Å². The van der Waals surface area contributed by atoms with Crippen LogP contribution in [-0.4, -0.2) is 28.9 Å². The molecule has 2 aromatic carbocycles. The average molecular weight is 300 g/mol. The van der Waals surface area contributed by atoms with Crippen LogP contribution in [0.3, 0.4) is 0 Å². The summed E-state index contributed by atoms with van der Waals surface area (Å²) in [4.78, 5) is 12.1. The number of hydrogen-bond donors (Lipinski definition) is 2. The van der Waals surface area contributed by atoms with Crippen molar-refractivity contribution in [2.75, 3.05) is 7.11 Å². The zero-order valence-electron chi connectivity index (χ0n) is 12.5.